The summed E-state index contributed by atoms with van der Waals surface area (Å²) < 4.78 is 1.83. The van der Waals surface area contributed by atoms with Crippen LogP contribution in [0.5, 0.6) is 0 Å². The SMILES string of the molecule is CNCc1ccc(C)c(-c2cnn(C)c2)c1. The second-order valence-electron chi connectivity index (χ2n) is 4.08. The summed E-state index contributed by atoms with van der Waals surface area (Å²) in [6.45, 7) is 3.03. The molecule has 0 aliphatic heterocycles. The third-order valence-corrected chi connectivity index (χ3v) is 2.70. The minimum Gasteiger partial charge on any atom is -0.316 e. The fraction of sp³-hybridized carbons (Fsp3) is 0.308. The van der Waals surface area contributed by atoms with Gasteiger partial charge < -0.3 is 5.32 Å². The number of hydrogen-bond donors (Lipinski definition) is 1. The Morgan fingerprint density at radius 2 is 2.19 bits per heavy atom. The van der Waals surface area contributed by atoms with Crippen LogP contribution in [-0.2, 0) is 13.6 Å². The van der Waals surface area contributed by atoms with Gasteiger partial charge in [-0.2, -0.15) is 5.10 Å². The molecule has 0 radical (unpaired) electrons. The van der Waals surface area contributed by atoms with Gasteiger partial charge in [-0.05, 0) is 36.7 Å². The van der Waals surface area contributed by atoms with E-state index >= 15 is 0 Å². The molecule has 3 nitrogen and oxygen atoms in total. The lowest BCUT2D eigenvalue weighted by atomic mass is 10.0. The zero-order chi connectivity index (χ0) is 11.5. The van der Waals surface area contributed by atoms with Crippen LogP contribution in [-0.4, -0.2) is 16.8 Å². The van der Waals surface area contributed by atoms with Crippen molar-refractivity contribution in [2.45, 2.75) is 13.5 Å². The summed E-state index contributed by atoms with van der Waals surface area (Å²) >= 11 is 0. The van der Waals surface area contributed by atoms with Crippen LogP contribution in [0.3, 0.4) is 0 Å². The zero-order valence-corrected chi connectivity index (χ0v) is 9.99. The van der Waals surface area contributed by atoms with E-state index in [-0.39, 0.29) is 0 Å². The molecular formula is C13H17N3. The summed E-state index contributed by atoms with van der Waals surface area (Å²) in [7, 11) is 3.90. The molecule has 1 aromatic carbocycles. The third kappa shape index (κ3) is 2.14. The lowest BCUT2D eigenvalue weighted by Gasteiger charge is -2.06. The number of nitrogens with one attached hydrogen (secondary N) is 1. The van der Waals surface area contributed by atoms with E-state index in [0.717, 1.165) is 6.54 Å². The largest absolute Gasteiger partial charge is 0.316 e. The average molecular weight is 215 g/mol. The molecule has 0 aliphatic carbocycles. The van der Waals surface area contributed by atoms with Crippen molar-refractivity contribution in [2.24, 2.45) is 7.05 Å². The van der Waals surface area contributed by atoms with Gasteiger partial charge in [-0.1, -0.05) is 12.1 Å². The minimum absolute atomic E-state index is 0.896. The fourth-order valence-electron chi connectivity index (χ4n) is 1.85. The number of hydrogen-bond acceptors (Lipinski definition) is 2. The first-order chi connectivity index (χ1) is 7.70. The van der Waals surface area contributed by atoms with Crippen molar-refractivity contribution in [1.29, 1.82) is 0 Å². The average Bonchev–Trinajstić information content (AvgIpc) is 2.68. The highest BCUT2D eigenvalue weighted by Gasteiger charge is 2.05. The molecule has 16 heavy (non-hydrogen) atoms. The summed E-state index contributed by atoms with van der Waals surface area (Å²) in [5.74, 6) is 0. The fourth-order valence-corrected chi connectivity index (χ4v) is 1.85. The van der Waals surface area contributed by atoms with E-state index in [4.69, 9.17) is 0 Å². The lowest BCUT2D eigenvalue weighted by Crippen LogP contribution is -2.05. The highest BCUT2D eigenvalue weighted by molar-refractivity contribution is 5.66. The van der Waals surface area contributed by atoms with E-state index in [0.29, 0.717) is 0 Å². The Kier molecular flexibility index (Phi) is 3.06. The number of benzene rings is 1. The van der Waals surface area contributed by atoms with Crippen molar-refractivity contribution in [3.63, 3.8) is 0 Å². The van der Waals surface area contributed by atoms with Crippen LogP contribution in [0.2, 0.25) is 0 Å². The highest BCUT2D eigenvalue weighted by Crippen LogP contribution is 2.23. The molecule has 0 unspecified atom stereocenters. The first-order valence-corrected chi connectivity index (χ1v) is 5.44. The van der Waals surface area contributed by atoms with Crippen molar-refractivity contribution in [3.8, 4) is 11.1 Å². The van der Waals surface area contributed by atoms with Crippen molar-refractivity contribution in [1.82, 2.24) is 15.1 Å². The van der Waals surface area contributed by atoms with Crippen molar-refractivity contribution in [3.05, 3.63) is 41.7 Å². The molecule has 1 N–H and O–H groups in total. The van der Waals surface area contributed by atoms with Crippen molar-refractivity contribution in [2.75, 3.05) is 7.05 Å². The van der Waals surface area contributed by atoms with Gasteiger partial charge in [-0.15, -0.1) is 0 Å². The third-order valence-electron chi connectivity index (χ3n) is 2.70. The van der Waals surface area contributed by atoms with E-state index in [9.17, 15) is 0 Å². The lowest BCUT2D eigenvalue weighted by molar-refractivity contribution is 0.768. The molecule has 84 valence electrons. The first kappa shape index (κ1) is 10.9. The maximum Gasteiger partial charge on any atom is 0.0568 e. The van der Waals surface area contributed by atoms with Gasteiger partial charge in [0.05, 0.1) is 6.20 Å². The monoisotopic (exact) mass is 215 g/mol. The van der Waals surface area contributed by atoms with Gasteiger partial charge in [0.15, 0.2) is 0 Å². The first-order valence-electron chi connectivity index (χ1n) is 5.44. The van der Waals surface area contributed by atoms with Crippen LogP contribution >= 0.6 is 0 Å². The van der Waals surface area contributed by atoms with Crippen LogP contribution < -0.4 is 5.32 Å². The van der Waals surface area contributed by atoms with Crippen molar-refractivity contribution >= 4 is 0 Å². The minimum atomic E-state index is 0.896. The molecular weight excluding hydrogens is 198 g/mol. The predicted molar refractivity (Wildman–Crippen MR) is 66.1 cm³/mol. The Hall–Kier alpha value is -1.61. The van der Waals surface area contributed by atoms with Gasteiger partial charge in [0.1, 0.15) is 0 Å². The van der Waals surface area contributed by atoms with Crippen molar-refractivity contribution < 1.29 is 0 Å². The molecule has 0 saturated carbocycles. The van der Waals surface area contributed by atoms with Gasteiger partial charge in [0.25, 0.3) is 0 Å². The molecule has 0 bridgehead atoms. The summed E-state index contributed by atoms with van der Waals surface area (Å²) in [5, 5.41) is 7.38. The van der Waals surface area contributed by atoms with Crippen LogP contribution in [0.25, 0.3) is 11.1 Å². The van der Waals surface area contributed by atoms with E-state index < -0.39 is 0 Å². The molecule has 2 aromatic rings. The molecule has 0 fully saturated rings. The molecule has 0 saturated heterocycles. The van der Waals surface area contributed by atoms with Crippen LogP contribution in [0, 0.1) is 6.92 Å². The van der Waals surface area contributed by atoms with Crippen LogP contribution in [0.1, 0.15) is 11.1 Å². The Balaban J connectivity index is 2.42. The highest BCUT2D eigenvalue weighted by atomic mass is 15.2. The van der Waals surface area contributed by atoms with Gasteiger partial charge in [-0.3, -0.25) is 4.68 Å². The summed E-state index contributed by atoms with van der Waals surface area (Å²) in [5.41, 5.74) is 5.03. The molecule has 1 heterocycles. The van der Waals surface area contributed by atoms with Gasteiger partial charge in [0, 0.05) is 25.4 Å². The van der Waals surface area contributed by atoms with E-state index in [1.54, 1.807) is 0 Å². The molecule has 3 heteroatoms. The molecule has 0 aliphatic rings. The molecule has 0 atom stereocenters. The Labute approximate surface area is 96.1 Å². The normalized spacial score (nSPS) is 10.7. The topological polar surface area (TPSA) is 29.9 Å². The molecule has 0 amide bonds. The number of rotatable bonds is 3. The van der Waals surface area contributed by atoms with Gasteiger partial charge >= 0.3 is 0 Å². The van der Waals surface area contributed by atoms with Gasteiger partial charge in [-0.25, -0.2) is 0 Å². The standard InChI is InChI=1S/C13H17N3/c1-10-4-5-11(7-14-2)6-13(10)12-8-15-16(3)9-12/h4-6,8-9,14H,7H2,1-3H3. The quantitative estimate of drug-likeness (QED) is 0.850. The summed E-state index contributed by atoms with van der Waals surface area (Å²) in [6.07, 6.45) is 3.96. The number of nitrogens with zero attached hydrogens (tertiary/aromatic N) is 2. The van der Waals surface area contributed by atoms with E-state index in [1.807, 2.05) is 31.2 Å². The predicted octanol–water partition coefficient (Wildman–Crippen LogP) is 2.11. The Bertz CT molecular complexity index is 486. The van der Waals surface area contributed by atoms with E-state index in [1.165, 1.54) is 22.3 Å². The Morgan fingerprint density at radius 3 is 2.81 bits per heavy atom. The second-order valence-corrected chi connectivity index (χ2v) is 4.08. The molecule has 0 spiro atoms. The number of aryl methyl sites for hydroxylation is 2. The van der Waals surface area contributed by atoms with E-state index in [2.05, 4.69) is 35.5 Å². The number of aromatic nitrogens is 2. The van der Waals surface area contributed by atoms with Crippen LogP contribution in [0.4, 0.5) is 0 Å². The molecule has 2 rings (SSSR count). The zero-order valence-electron chi connectivity index (χ0n) is 9.99. The van der Waals surface area contributed by atoms with Gasteiger partial charge in [0.2, 0.25) is 0 Å². The molecule has 1 aromatic heterocycles. The second kappa shape index (κ2) is 4.49. The summed E-state index contributed by atoms with van der Waals surface area (Å²) in [4.78, 5) is 0. The maximum atomic E-state index is 4.21. The maximum absolute atomic E-state index is 4.21. The Morgan fingerprint density at radius 1 is 1.38 bits per heavy atom. The smallest absolute Gasteiger partial charge is 0.0568 e. The van der Waals surface area contributed by atoms with Crippen LogP contribution in [0.15, 0.2) is 30.6 Å². The summed E-state index contributed by atoms with van der Waals surface area (Å²) in [6, 6.07) is 6.55.